The van der Waals surface area contributed by atoms with Crippen LogP contribution in [0.1, 0.15) is 11.8 Å². The molecule has 1 heterocycles. The molecule has 0 atom stereocenters. The van der Waals surface area contributed by atoms with Crippen molar-refractivity contribution >= 4 is 21.6 Å². The fourth-order valence-electron chi connectivity index (χ4n) is 1.21. The van der Waals surface area contributed by atoms with Gasteiger partial charge in [-0.3, -0.25) is 0 Å². The lowest BCUT2D eigenvalue weighted by molar-refractivity contribution is 0.474. The number of hydrogen-bond acceptors (Lipinski definition) is 4. The summed E-state index contributed by atoms with van der Waals surface area (Å²) in [6.07, 6.45) is 0. The lowest BCUT2D eigenvalue weighted by atomic mass is 10.3. The fraction of sp³-hybridized carbons (Fsp3) is 0.200. The molecule has 0 saturated heterocycles. The Balaban J connectivity index is 2.07. The van der Waals surface area contributed by atoms with Gasteiger partial charge in [0.2, 0.25) is 11.8 Å². The van der Waals surface area contributed by atoms with Gasteiger partial charge in [-0.15, -0.1) is 10.2 Å². The zero-order chi connectivity index (χ0) is 11.5. The van der Waals surface area contributed by atoms with Crippen molar-refractivity contribution < 1.29 is 8.81 Å². The summed E-state index contributed by atoms with van der Waals surface area (Å²) in [4.78, 5) is 0. The number of aryl methyl sites for hydroxylation is 1. The van der Waals surface area contributed by atoms with Gasteiger partial charge in [0.15, 0.2) is 0 Å². The minimum absolute atomic E-state index is 0.300. The number of rotatable bonds is 3. The number of nitrogens with one attached hydrogen (secondary N) is 1. The lowest BCUT2D eigenvalue weighted by Gasteiger charge is -2.05. The van der Waals surface area contributed by atoms with E-state index in [1.165, 1.54) is 6.07 Å². The van der Waals surface area contributed by atoms with Gasteiger partial charge >= 0.3 is 0 Å². The van der Waals surface area contributed by atoms with Crippen molar-refractivity contribution in [2.24, 2.45) is 0 Å². The number of hydrogen-bond donors (Lipinski definition) is 1. The molecular formula is C10H9BrFN3O. The largest absolute Gasteiger partial charge is 0.424 e. The summed E-state index contributed by atoms with van der Waals surface area (Å²) in [7, 11) is 0. The van der Waals surface area contributed by atoms with E-state index < -0.39 is 0 Å². The van der Waals surface area contributed by atoms with E-state index in [9.17, 15) is 4.39 Å². The van der Waals surface area contributed by atoms with Crippen LogP contribution in [0.4, 0.5) is 10.1 Å². The molecule has 1 aromatic carbocycles. The number of aromatic nitrogens is 2. The van der Waals surface area contributed by atoms with E-state index >= 15 is 0 Å². The minimum atomic E-state index is -0.320. The van der Waals surface area contributed by atoms with Crippen LogP contribution in [0.2, 0.25) is 0 Å². The third-order valence-corrected chi connectivity index (χ3v) is 2.42. The molecule has 2 aromatic rings. The lowest BCUT2D eigenvalue weighted by Crippen LogP contribution is -2.01. The number of benzene rings is 1. The van der Waals surface area contributed by atoms with Gasteiger partial charge in [-0.2, -0.15) is 0 Å². The fourth-order valence-corrected chi connectivity index (χ4v) is 1.57. The molecule has 0 radical (unpaired) electrons. The highest BCUT2D eigenvalue weighted by atomic mass is 79.9. The average Bonchev–Trinajstić information content (AvgIpc) is 2.66. The maximum atomic E-state index is 13.3. The molecule has 0 fully saturated rings. The molecule has 0 aliphatic carbocycles. The predicted molar refractivity (Wildman–Crippen MR) is 60.5 cm³/mol. The second-order valence-electron chi connectivity index (χ2n) is 3.19. The molecule has 1 N–H and O–H groups in total. The molecule has 0 aliphatic rings. The van der Waals surface area contributed by atoms with Crippen molar-refractivity contribution in [1.82, 2.24) is 10.2 Å². The van der Waals surface area contributed by atoms with Crippen LogP contribution in [-0.2, 0) is 6.54 Å². The molecule has 16 heavy (non-hydrogen) atoms. The zero-order valence-electron chi connectivity index (χ0n) is 8.50. The van der Waals surface area contributed by atoms with Gasteiger partial charge in [-0.05, 0) is 18.2 Å². The van der Waals surface area contributed by atoms with E-state index in [1.807, 2.05) is 0 Å². The molecule has 0 spiro atoms. The van der Waals surface area contributed by atoms with Crippen molar-refractivity contribution in [3.63, 3.8) is 0 Å². The molecule has 4 nitrogen and oxygen atoms in total. The van der Waals surface area contributed by atoms with E-state index in [-0.39, 0.29) is 5.82 Å². The first kappa shape index (κ1) is 11.1. The van der Waals surface area contributed by atoms with Crippen LogP contribution in [0.3, 0.4) is 0 Å². The van der Waals surface area contributed by atoms with E-state index in [0.717, 1.165) is 4.47 Å². The third-order valence-electron chi connectivity index (χ3n) is 1.93. The summed E-state index contributed by atoms with van der Waals surface area (Å²) in [5.41, 5.74) is 0.394. The Labute approximate surface area is 100 Å². The Hall–Kier alpha value is -1.43. The SMILES string of the molecule is Cc1nnc(CNc2cc(Br)ccc2F)o1. The van der Waals surface area contributed by atoms with Crippen molar-refractivity contribution in [3.05, 3.63) is 40.3 Å². The van der Waals surface area contributed by atoms with Gasteiger partial charge < -0.3 is 9.73 Å². The Kier molecular flexibility index (Phi) is 3.19. The van der Waals surface area contributed by atoms with Crippen molar-refractivity contribution in [1.29, 1.82) is 0 Å². The van der Waals surface area contributed by atoms with E-state index in [0.29, 0.717) is 24.0 Å². The Morgan fingerprint density at radius 2 is 2.25 bits per heavy atom. The molecule has 1 aromatic heterocycles. The normalized spacial score (nSPS) is 10.4. The summed E-state index contributed by atoms with van der Waals surface area (Å²) >= 11 is 3.27. The summed E-state index contributed by atoms with van der Waals surface area (Å²) in [6, 6.07) is 4.67. The highest BCUT2D eigenvalue weighted by Crippen LogP contribution is 2.20. The third kappa shape index (κ3) is 2.57. The standard InChI is InChI=1S/C10H9BrFN3O/c1-6-14-15-10(16-6)5-13-9-4-7(11)2-3-8(9)12/h2-4,13H,5H2,1H3. The smallest absolute Gasteiger partial charge is 0.235 e. The average molecular weight is 286 g/mol. The maximum absolute atomic E-state index is 13.3. The Morgan fingerprint density at radius 1 is 1.44 bits per heavy atom. The molecule has 84 valence electrons. The van der Waals surface area contributed by atoms with Crippen LogP contribution in [0.15, 0.2) is 27.1 Å². The van der Waals surface area contributed by atoms with Crippen LogP contribution < -0.4 is 5.32 Å². The van der Waals surface area contributed by atoms with Crippen molar-refractivity contribution in [3.8, 4) is 0 Å². The Bertz CT molecular complexity index is 501. The van der Waals surface area contributed by atoms with E-state index in [4.69, 9.17) is 4.42 Å². The molecule has 2 rings (SSSR count). The van der Waals surface area contributed by atoms with E-state index in [2.05, 4.69) is 31.4 Å². The van der Waals surface area contributed by atoms with Gasteiger partial charge in [0.1, 0.15) is 5.82 Å². The van der Waals surface area contributed by atoms with Gasteiger partial charge in [-0.1, -0.05) is 15.9 Å². The van der Waals surface area contributed by atoms with Crippen LogP contribution in [0.5, 0.6) is 0 Å². The van der Waals surface area contributed by atoms with Gasteiger partial charge in [-0.25, -0.2) is 4.39 Å². The predicted octanol–water partition coefficient (Wildman–Crippen LogP) is 2.89. The quantitative estimate of drug-likeness (QED) is 0.942. The highest BCUT2D eigenvalue weighted by molar-refractivity contribution is 9.10. The van der Waals surface area contributed by atoms with E-state index in [1.54, 1.807) is 19.1 Å². The molecule has 0 aliphatic heterocycles. The number of anilines is 1. The van der Waals surface area contributed by atoms with Crippen LogP contribution in [0, 0.1) is 12.7 Å². The number of nitrogens with zero attached hydrogens (tertiary/aromatic N) is 2. The van der Waals surface area contributed by atoms with Gasteiger partial charge in [0.25, 0.3) is 0 Å². The summed E-state index contributed by atoms with van der Waals surface area (Å²) < 4.78 is 19.3. The second-order valence-corrected chi connectivity index (χ2v) is 4.11. The maximum Gasteiger partial charge on any atom is 0.235 e. The number of halogens is 2. The molecule has 0 amide bonds. The first-order valence-corrected chi connectivity index (χ1v) is 5.42. The van der Waals surface area contributed by atoms with Crippen LogP contribution in [-0.4, -0.2) is 10.2 Å². The van der Waals surface area contributed by atoms with Crippen molar-refractivity contribution in [2.75, 3.05) is 5.32 Å². The molecule has 6 heteroatoms. The minimum Gasteiger partial charge on any atom is -0.424 e. The van der Waals surface area contributed by atoms with Crippen LogP contribution in [0.25, 0.3) is 0 Å². The summed E-state index contributed by atoms with van der Waals surface area (Å²) in [5, 5.41) is 10.4. The first-order valence-electron chi connectivity index (χ1n) is 4.63. The second kappa shape index (κ2) is 4.61. The highest BCUT2D eigenvalue weighted by Gasteiger charge is 2.05. The monoisotopic (exact) mass is 285 g/mol. The molecule has 0 unspecified atom stereocenters. The van der Waals surface area contributed by atoms with Crippen molar-refractivity contribution in [2.45, 2.75) is 13.5 Å². The van der Waals surface area contributed by atoms with Gasteiger partial charge in [0, 0.05) is 11.4 Å². The molecule has 0 bridgehead atoms. The van der Waals surface area contributed by atoms with Crippen LogP contribution >= 0.6 is 15.9 Å². The van der Waals surface area contributed by atoms with Gasteiger partial charge in [0.05, 0.1) is 12.2 Å². The Morgan fingerprint density at radius 3 is 2.94 bits per heavy atom. The topological polar surface area (TPSA) is 51.0 Å². The molecule has 0 saturated carbocycles. The summed E-state index contributed by atoms with van der Waals surface area (Å²) in [6.45, 7) is 2.00. The first-order chi connectivity index (χ1) is 7.65. The summed E-state index contributed by atoms with van der Waals surface area (Å²) in [5.74, 6) is 0.600. The zero-order valence-corrected chi connectivity index (χ0v) is 10.1. The molecular weight excluding hydrogens is 277 g/mol.